The Hall–Kier alpha value is -2.14. The van der Waals surface area contributed by atoms with E-state index in [9.17, 15) is 0 Å². The zero-order valence-electron chi connectivity index (χ0n) is 20.5. The second-order valence-electron chi connectivity index (χ2n) is 8.64. The Labute approximate surface area is 205 Å². The lowest BCUT2D eigenvalue weighted by molar-refractivity contribution is 0.107. The first-order chi connectivity index (χ1) is 16.2. The van der Waals surface area contributed by atoms with Gasteiger partial charge in [0.15, 0.2) is 0 Å². The molecule has 0 saturated carbocycles. The third-order valence-corrected chi connectivity index (χ3v) is 6.75. The number of hydrogen-bond donors (Lipinski definition) is 1. The fourth-order valence-electron chi connectivity index (χ4n) is 4.85. The van der Waals surface area contributed by atoms with Crippen molar-refractivity contribution in [1.82, 2.24) is 20.1 Å². The molecule has 33 heavy (non-hydrogen) atoms. The molecular formula is C28H39ClN4. The molecule has 4 rings (SSSR count). The van der Waals surface area contributed by atoms with Gasteiger partial charge in [-0.1, -0.05) is 49.7 Å². The van der Waals surface area contributed by atoms with Crippen LogP contribution in [0.1, 0.15) is 62.0 Å². The number of hydrogen-bond acceptors (Lipinski definition) is 4. The van der Waals surface area contributed by atoms with Crippen molar-refractivity contribution >= 4 is 11.6 Å². The Bertz CT molecular complexity index is 931. The van der Waals surface area contributed by atoms with Gasteiger partial charge in [0.25, 0.3) is 0 Å². The lowest BCUT2D eigenvalue weighted by atomic mass is 9.96. The van der Waals surface area contributed by atoms with Crippen LogP contribution in [0.15, 0.2) is 61.1 Å². The number of nitrogens with zero attached hydrogens (tertiary/aromatic N) is 3. The maximum Gasteiger partial charge on any atom is 0.0782 e. The highest BCUT2D eigenvalue weighted by Crippen LogP contribution is 2.37. The summed E-state index contributed by atoms with van der Waals surface area (Å²) in [5.41, 5.74) is 6.72. The van der Waals surface area contributed by atoms with Crippen molar-refractivity contribution in [3.8, 4) is 0 Å². The van der Waals surface area contributed by atoms with Gasteiger partial charge < -0.3 is 10.2 Å². The van der Waals surface area contributed by atoms with Gasteiger partial charge in [-0.15, -0.1) is 0 Å². The van der Waals surface area contributed by atoms with E-state index >= 15 is 0 Å². The summed E-state index contributed by atoms with van der Waals surface area (Å²) < 4.78 is 0. The molecule has 1 atom stereocenters. The zero-order valence-corrected chi connectivity index (χ0v) is 21.2. The van der Waals surface area contributed by atoms with E-state index < -0.39 is 0 Å². The van der Waals surface area contributed by atoms with Crippen LogP contribution < -0.4 is 5.32 Å². The second-order valence-corrected chi connectivity index (χ2v) is 9.07. The quantitative estimate of drug-likeness (QED) is 0.543. The fourth-order valence-corrected chi connectivity index (χ4v) is 5.05. The number of nitrogens with one attached hydrogen (secondary N) is 1. The van der Waals surface area contributed by atoms with Crippen LogP contribution in [-0.4, -0.2) is 47.5 Å². The minimum Gasteiger partial charge on any atom is -0.368 e. The van der Waals surface area contributed by atoms with E-state index in [-0.39, 0.29) is 6.04 Å². The molecule has 0 spiro atoms. The number of halogens is 1. The topological polar surface area (TPSA) is 31.4 Å². The number of fused-ring (bicyclic) bond motifs is 2. The third-order valence-electron chi connectivity index (χ3n) is 6.51. The van der Waals surface area contributed by atoms with Crippen LogP contribution in [0.4, 0.5) is 0 Å². The van der Waals surface area contributed by atoms with Crippen molar-refractivity contribution < 1.29 is 0 Å². The summed E-state index contributed by atoms with van der Waals surface area (Å²) in [7, 11) is 0. The van der Waals surface area contributed by atoms with Gasteiger partial charge in [0, 0.05) is 37.4 Å². The first-order valence-corrected chi connectivity index (χ1v) is 12.7. The molecule has 4 nitrogen and oxygen atoms in total. The van der Waals surface area contributed by atoms with E-state index in [1.165, 1.54) is 34.4 Å². The number of pyridine rings is 1. The average Bonchev–Trinajstić information content (AvgIpc) is 3.01. The Morgan fingerprint density at radius 2 is 1.91 bits per heavy atom. The van der Waals surface area contributed by atoms with Crippen molar-refractivity contribution in [1.29, 1.82) is 0 Å². The summed E-state index contributed by atoms with van der Waals surface area (Å²) >= 11 is 6.34. The van der Waals surface area contributed by atoms with Crippen LogP contribution in [0.3, 0.4) is 0 Å². The van der Waals surface area contributed by atoms with Crippen molar-refractivity contribution in [3.05, 3.63) is 88.5 Å². The summed E-state index contributed by atoms with van der Waals surface area (Å²) in [6, 6.07) is 11.0. The highest BCUT2D eigenvalue weighted by molar-refractivity contribution is 6.30. The minimum absolute atomic E-state index is 0.225. The monoisotopic (exact) mass is 466 g/mol. The Morgan fingerprint density at radius 3 is 2.67 bits per heavy atom. The van der Waals surface area contributed by atoms with E-state index in [1.807, 2.05) is 32.3 Å². The molecule has 1 fully saturated rings. The Morgan fingerprint density at radius 1 is 1.15 bits per heavy atom. The molecule has 1 aromatic heterocycles. The molecule has 1 N–H and O–H groups in total. The number of piperazine rings is 1. The minimum atomic E-state index is 0.225. The standard InChI is InChI=1S/C26H33ClN4.C2H6/c1-3-28-19-20(2)6-5-13-30-14-16-31(17-15-30)26-24-11-10-23(27)18-22(24)9-8-21-7-4-12-29-25(21)26;1-2/h3-4,7,10-12,18-19,26,28H,1,5-6,8-9,13-17H2,2H3;1-2H3/b20-19+;. The number of allylic oxidation sites excluding steroid dienone is 1. The highest BCUT2D eigenvalue weighted by Gasteiger charge is 2.32. The van der Waals surface area contributed by atoms with Crippen LogP contribution in [-0.2, 0) is 12.8 Å². The van der Waals surface area contributed by atoms with E-state index in [0.29, 0.717) is 0 Å². The van der Waals surface area contributed by atoms with Crippen LogP contribution in [0, 0.1) is 0 Å². The first-order valence-electron chi connectivity index (χ1n) is 12.4. The van der Waals surface area contributed by atoms with Gasteiger partial charge in [-0.25, -0.2) is 0 Å². The zero-order chi connectivity index (χ0) is 23.6. The molecule has 1 unspecified atom stereocenters. The van der Waals surface area contributed by atoms with Gasteiger partial charge in [-0.2, -0.15) is 0 Å². The average molecular weight is 467 g/mol. The molecule has 1 aromatic carbocycles. The lowest BCUT2D eigenvalue weighted by Crippen LogP contribution is -2.48. The molecule has 0 radical (unpaired) electrons. The fraction of sp³-hybridized carbons (Fsp3) is 0.464. The molecule has 0 bridgehead atoms. The van der Waals surface area contributed by atoms with Gasteiger partial charge in [0.05, 0.1) is 11.7 Å². The maximum absolute atomic E-state index is 6.34. The molecule has 0 amide bonds. The molecule has 1 aliphatic heterocycles. The molecule has 2 heterocycles. The van der Waals surface area contributed by atoms with E-state index in [1.54, 1.807) is 6.20 Å². The number of aromatic nitrogens is 1. The van der Waals surface area contributed by atoms with Gasteiger partial charge in [-0.05, 0) is 86.4 Å². The van der Waals surface area contributed by atoms with Crippen LogP contribution in [0.2, 0.25) is 5.02 Å². The second kappa shape index (κ2) is 12.9. The molecule has 2 aromatic rings. The van der Waals surface area contributed by atoms with Gasteiger partial charge >= 0.3 is 0 Å². The first kappa shape index (κ1) is 25.5. The largest absolute Gasteiger partial charge is 0.368 e. The molecule has 1 saturated heterocycles. The Kier molecular flexibility index (Phi) is 9.98. The predicted molar refractivity (Wildman–Crippen MR) is 141 cm³/mol. The number of benzene rings is 1. The summed E-state index contributed by atoms with van der Waals surface area (Å²) in [4.78, 5) is 10.1. The van der Waals surface area contributed by atoms with Crippen LogP contribution >= 0.6 is 11.6 Å². The van der Waals surface area contributed by atoms with Gasteiger partial charge in [0.2, 0.25) is 0 Å². The molecule has 178 valence electrons. The smallest absolute Gasteiger partial charge is 0.0782 e. The van der Waals surface area contributed by atoms with E-state index in [2.05, 4.69) is 52.9 Å². The molecule has 5 heteroatoms. The van der Waals surface area contributed by atoms with Crippen LogP contribution in [0.5, 0.6) is 0 Å². The number of aryl methyl sites for hydroxylation is 2. The summed E-state index contributed by atoms with van der Waals surface area (Å²) in [6.07, 6.45) is 10.1. The predicted octanol–water partition coefficient (Wildman–Crippen LogP) is 5.98. The maximum atomic E-state index is 6.34. The van der Waals surface area contributed by atoms with Crippen molar-refractivity contribution in [3.63, 3.8) is 0 Å². The van der Waals surface area contributed by atoms with Gasteiger partial charge in [0.1, 0.15) is 0 Å². The molecule has 2 aliphatic rings. The molecule has 1 aliphatic carbocycles. The Balaban J connectivity index is 0.00000149. The lowest BCUT2D eigenvalue weighted by Gasteiger charge is -2.39. The van der Waals surface area contributed by atoms with Crippen molar-refractivity contribution in [2.24, 2.45) is 0 Å². The van der Waals surface area contributed by atoms with E-state index in [0.717, 1.165) is 57.0 Å². The number of rotatable bonds is 7. The van der Waals surface area contributed by atoms with Crippen molar-refractivity contribution in [2.75, 3.05) is 32.7 Å². The summed E-state index contributed by atoms with van der Waals surface area (Å²) in [6.45, 7) is 15.4. The van der Waals surface area contributed by atoms with E-state index in [4.69, 9.17) is 16.6 Å². The van der Waals surface area contributed by atoms with Gasteiger partial charge in [-0.3, -0.25) is 9.88 Å². The third kappa shape index (κ3) is 6.69. The van der Waals surface area contributed by atoms with Crippen LogP contribution in [0.25, 0.3) is 0 Å². The summed E-state index contributed by atoms with van der Waals surface area (Å²) in [5.74, 6) is 0. The van der Waals surface area contributed by atoms with Crippen molar-refractivity contribution in [2.45, 2.75) is 52.5 Å². The highest BCUT2D eigenvalue weighted by atomic mass is 35.5. The SMILES string of the molecule is C=CN/C=C(\C)CCCN1CCN(C2c3ccc(Cl)cc3CCc3cccnc32)CC1.CC. The molecular weight excluding hydrogens is 428 g/mol. The normalized spacial score (nSPS) is 18.9. The summed E-state index contributed by atoms with van der Waals surface area (Å²) in [5, 5.41) is 3.90.